The van der Waals surface area contributed by atoms with Crippen LogP contribution in [-0.4, -0.2) is 146 Å². The van der Waals surface area contributed by atoms with Crippen LogP contribution in [0.4, 0.5) is 0 Å². The van der Waals surface area contributed by atoms with Crippen molar-refractivity contribution in [2.75, 3.05) is 26.9 Å². The van der Waals surface area contributed by atoms with E-state index in [1.165, 1.54) is 7.11 Å². The van der Waals surface area contributed by atoms with Crippen molar-refractivity contribution in [2.45, 2.75) is 151 Å². The highest BCUT2D eigenvalue weighted by Gasteiger charge is 2.58. The van der Waals surface area contributed by atoms with Gasteiger partial charge in [0.2, 0.25) is 0 Å². The van der Waals surface area contributed by atoms with Gasteiger partial charge in [0.1, 0.15) is 73.2 Å². The van der Waals surface area contributed by atoms with Gasteiger partial charge in [0.05, 0.1) is 39.6 Å². The average molecular weight is 869 g/mol. The highest BCUT2D eigenvalue weighted by atomic mass is 16.8. The molecule has 5 fully saturated rings. The summed E-state index contributed by atoms with van der Waals surface area (Å²) in [4.78, 5) is 0. The van der Waals surface area contributed by atoms with E-state index < -0.39 is 104 Å². The Morgan fingerprint density at radius 1 is 0.452 bits per heavy atom. The van der Waals surface area contributed by atoms with Crippen molar-refractivity contribution in [3.8, 4) is 0 Å². The van der Waals surface area contributed by atoms with Gasteiger partial charge in [-0.1, -0.05) is 91.0 Å². The molecule has 0 unspecified atom stereocenters. The molecular weight excluding hydrogens is 808 g/mol. The molecule has 0 aliphatic carbocycles. The normalized spacial score (nSPS) is 37.5. The Morgan fingerprint density at radius 3 is 1.35 bits per heavy atom. The number of ether oxygens (including phenoxy) is 13. The first-order chi connectivity index (χ1) is 29.9. The topological polar surface area (TPSA) is 181 Å². The predicted molar refractivity (Wildman–Crippen MR) is 217 cm³/mol. The zero-order chi connectivity index (χ0) is 43.4. The van der Waals surface area contributed by atoms with E-state index in [-0.39, 0.29) is 33.0 Å². The summed E-state index contributed by atoms with van der Waals surface area (Å²) in [5, 5.41) is 34.5. The SMILES string of the molecule is CO[C@@H]1O[C@H](CO[C@@H]2O[C@H](CO[C@@H]3O[C@H](COCc4ccccc4)[C@H](OCc4ccccc4)[C@H](OCc4ccccc4)[C@H]3O)[C@@H]3OC(C)(C)O[C@@H]3[C@H]2O)[C@@H]2OC(C)(C)O[C@@H]2[C@H]1O. The fraction of sp³-hybridized carbons (Fsp3) is 0.609. The molecular formula is C46H60O16. The van der Waals surface area contributed by atoms with Crippen molar-refractivity contribution < 1.29 is 76.9 Å². The van der Waals surface area contributed by atoms with Crippen LogP contribution in [0.15, 0.2) is 91.0 Å². The van der Waals surface area contributed by atoms with E-state index in [0.29, 0.717) is 6.61 Å². The van der Waals surface area contributed by atoms with Gasteiger partial charge in [-0.3, -0.25) is 0 Å². The van der Waals surface area contributed by atoms with Gasteiger partial charge in [-0.05, 0) is 44.4 Å². The summed E-state index contributed by atoms with van der Waals surface area (Å²) in [6.45, 7) is 7.55. The molecule has 0 bridgehead atoms. The Balaban J connectivity index is 0.994. The zero-order valence-corrected chi connectivity index (χ0v) is 35.7. The molecule has 0 amide bonds. The van der Waals surface area contributed by atoms with Crippen LogP contribution in [0.2, 0.25) is 0 Å². The van der Waals surface area contributed by atoms with Crippen LogP contribution < -0.4 is 0 Å². The number of aliphatic hydroxyl groups is 3. The first-order valence-electron chi connectivity index (χ1n) is 21.3. The van der Waals surface area contributed by atoms with E-state index in [0.717, 1.165) is 16.7 Å². The summed E-state index contributed by atoms with van der Waals surface area (Å²) in [5.41, 5.74) is 2.83. The van der Waals surface area contributed by atoms with Gasteiger partial charge in [-0.15, -0.1) is 0 Å². The number of hydrogen-bond donors (Lipinski definition) is 3. The number of hydrogen-bond acceptors (Lipinski definition) is 16. The second-order valence-electron chi connectivity index (χ2n) is 17.2. The number of fused-ring (bicyclic) bond motifs is 2. The fourth-order valence-corrected chi connectivity index (χ4v) is 8.65. The Hall–Kier alpha value is -2.98. The molecule has 62 heavy (non-hydrogen) atoms. The summed E-state index contributed by atoms with van der Waals surface area (Å²) in [6.07, 6.45) is -14.3. The Kier molecular flexibility index (Phi) is 14.7. The number of rotatable bonds is 17. The van der Waals surface area contributed by atoms with E-state index in [1.807, 2.05) is 91.0 Å². The molecule has 0 spiro atoms. The smallest absolute Gasteiger partial charge is 0.186 e. The number of aliphatic hydroxyl groups excluding tert-OH is 3. The molecule has 5 saturated heterocycles. The van der Waals surface area contributed by atoms with Gasteiger partial charge in [0.15, 0.2) is 30.4 Å². The Bertz CT molecular complexity index is 1820. The summed E-state index contributed by atoms with van der Waals surface area (Å²) >= 11 is 0. The molecule has 5 aliphatic rings. The zero-order valence-electron chi connectivity index (χ0n) is 35.7. The molecule has 16 heteroatoms. The van der Waals surface area contributed by atoms with Gasteiger partial charge in [0.25, 0.3) is 0 Å². The lowest BCUT2D eigenvalue weighted by Gasteiger charge is -2.45. The monoisotopic (exact) mass is 868 g/mol. The lowest BCUT2D eigenvalue weighted by molar-refractivity contribution is -0.338. The molecule has 0 aromatic heterocycles. The summed E-state index contributed by atoms with van der Waals surface area (Å²) in [6, 6.07) is 29.2. The molecule has 8 rings (SSSR count). The molecule has 5 heterocycles. The minimum absolute atomic E-state index is 0.0992. The maximum atomic E-state index is 12.1. The van der Waals surface area contributed by atoms with Crippen molar-refractivity contribution in [1.29, 1.82) is 0 Å². The maximum absolute atomic E-state index is 12.1. The molecule has 0 saturated carbocycles. The molecule has 15 atom stereocenters. The average Bonchev–Trinajstić information content (AvgIpc) is 3.79. The van der Waals surface area contributed by atoms with Gasteiger partial charge in [0, 0.05) is 7.11 Å². The van der Waals surface area contributed by atoms with Crippen LogP contribution >= 0.6 is 0 Å². The fourth-order valence-electron chi connectivity index (χ4n) is 8.65. The van der Waals surface area contributed by atoms with E-state index in [2.05, 4.69) is 0 Å². The Labute approximate surface area is 362 Å². The molecule has 340 valence electrons. The minimum Gasteiger partial charge on any atom is -0.385 e. The lowest BCUT2D eigenvalue weighted by atomic mass is 9.97. The second-order valence-corrected chi connectivity index (χ2v) is 17.2. The van der Waals surface area contributed by atoms with Crippen molar-refractivity contribution in [3.05, 3.63) is 108 Å². The van der Waals surface area contributed by atoms with Crippen molar-refractivity contribution in [3.63, 3.8) is 0 Å². The molecule has 0 radical (unpaired) electrons. The molecule has 3 aromatic rings. The first-order valence-corrected chi connectivity index (χ1v) is 21.3. The quantitative estimate of drug-likeness (QED) is 0.180. The summed E-state index contributed by atoms with van der Waals surface area (Å²) in [7, 11) is 1.42. The van der Waals surface area contributed by atoms with E-state index in [9.17, 15) is 15.3 Å². The minimum atomic E-state index is -1.32. The van der Waals surface area contributed by atoms with Crippen LogP contribution in [0.1, 0.15) is 44.4 Å². The third-order valence-electron chi connectivity index (χ3n) is 11.6. The first kappa shape index (κ1) is 45.6. The van der Waals surface area contributed by atoms with Gasteiger partial charge >= 0.3 is 0 Å². The van der Waals surface area contributed by atoms with Crippen molar-refractivity contribution >= 4 is 0 Å². The third kappa shape index (κ3) is 10.7. The molecule has 3 N–H and O–H groups in total. The van der Waals surface area contributed by atoms with Crippen molar-refractivity contribution in [2.24, 2.45) is 0 Å². The van der Waals surface area contributed by atoms with Crippen LogP contribution in [0.3, 0.4) is 0 Å². The van der Waals surface area contributed by atoms with Crippen molar-refractivity contribution in [1.82, 2.24) is 0 Å². The van der Waals surface area contributed by atoms with Crippen LogP contribution in [0.25, 0.3) is 0 Å². The van der Waals surface area contributed by atoms with Crippen LogP contribution in [-0.2, 0) is 81.4 Å². The largest absolute Gasteiger partial charge is 0.385 e. The number of methoxy groups -OCH3 is 1. The van der Waals surface area contributed by atoms with E-state index in [4.69, 9.17) is 61.6 Å². The third-order valence-corrected chi connectivity index (χ3v) is 11.6. The van der Waals surface area contributed by atoms with Gasteiger partial charge in [-0.2, -0.15) is 0 Å². The maximum Gasteiger partial charge on any atom is 0.186 e. The van der Waals surface area contributed by atoms with Crippen LogP contribution in [0, 0.1) is 0 Å². The van der Waals surface area contributed by atoms with Gasteiger partial charge < -0.3 is 76.9 Å². The second kappa shape index (κ2) is 20.0. The van der Waals surface area contributed by atoms with Crippen LogP contribution in [0.5, 0.6) is 0 Å². The van der Waals surface area contributed by atoms with E-state index in [1.54, 1.807) is 27.7 Å². The lowest BCUT2D eigenvalue weighted by Crippen LogP contribution is -2.62. The molecule has 5 aliphatic heterocycles. The van der Waals surface area contributed by atoms with Gasteiger partial charge in [-0.25, -0.2) is 0 Å². The highest BCUT2D eigenvalue weighted by Crippen LogP contribution is 2.41. The highest BCUT2D eigenvalue weighted by molar-refractivity contribution is 5.15. The predicted octanol–water partition coefficient (Wildman–Crippen LogP) is 3.35. The molecule has 16 nitrogen and oxygen atoms in total. The van der Waals surface area contributed by atoms with E-state index >= 15 is 0 Å². The number of benzene rings is 3. The summed E-state index contributed by atoms with van der Waals surface area (Å²) in [5.74, 6) is -2.06. The summed E-state index contributed by atoms with van der Waals surface area (Å²) < 4.78 is 80.9. The standard InChI is InChI=1S/C46H60O16/c1-45(2)59-37-31(56-42(50-5)34(48)40(37)61-45)25-55-44-35(49)41-38(60-46(3,4)62-41)32(58-44)26-54-43-33(47)39(53-23-29-19-13-8-14-20-29)36(52-22-28-17-11-7-12-18-28)30(57-43)24-51-21-27-15-9-6-10-16-27/h6-20,30-44,47-49H,21-26H2,1-5H3/t30-,31-,32-,33-,34-,35-,36+,37+,38+,39-,40-,41-,42-,43-,44-/m1/s1. The molecule has 3 aromatic carbocycles. The Morgan fingerprint density at radius 2 is 0.855 bits per heavy atom.